The number of alkyl halides is 2. The molecule has 1 aromatic carbocycles. The third-order valence-electron chi connectivity index (χ3n) is 2.87. The normalized spacial score (nSPS) is 15.7. The van der Waals surface area contributed by atoms with Gasteiger partial charge in [-0.25, -0.2) is 13.6 Å². The van der Waals surface area contributed by atoms with Crippen LogP contribution in [0.1, 0.15) is 35.7 Å². The average molecular weight is 240 g/mol. The first kappa shape index (κ1) is 12.0. The molecule has 0 N–H and O–H groups in total. The van der Waals surface area contributed by atoms with Crippen molar-refractivity contribution in [2.75, 3.05) is 6.61 Å². The topological polar surface area (TPSA) is 26.3 Å². The molecule has 0 spiro atoms. The fourth-order valence-electron chi connectivity index (χ4n) is 1.72. The van der Waals surface area contributed by atoms with Crippen molar-refractivity contribution in [1.82, 2.24) is 0 Å². The first-order valence-electron chi connectivity index (χ1n) is 5.71. The molecule has 1 fully saturated rings. The van der Waals surface area contributed by atoms with Crippen LogP contribution in [0.2, 0.25) is 0 Å². The third kappa shape index (κ3) is 2.46. The van der Waals surface area contributed by atoms with Gasteiger partial charge in [-0.2, -0.15) is 0 Å². The molecule has 92 valence electrons. The maximum Gasteiger partial charge on any atom is 0.338 e. The molecule has 17 heavy (non-hydrogen) atoms. The van der Waals surface area contributed by atoms with Crippen LogP contribution in [0.3, 0.4) is 0 Å². The van der Waals surface area contributed by atoms with Gasteiger partial charge in [0.1, 0.15) is 0 Å². The van der Waals surface area contributed by atoms with Gasteiger partial charge in [0.05, 0.1) is 12.2 Å². The molecule has 0 aromatic heterocycles. The molecule has 1 saturated carbocycles. The number of carbonyl (C=O) groups is 1. The van der Waals surface area contributed by atoms with Crippen molar-refractivity contribution in [2.45, 2.75) is 25.7 Å². The van der Waals surface area contributed by atoms with E-state index < -0.39 is 17.8 Å². The molecule has 0 heterocycles. The highest BCUT2D eigenvalue weighted by Gasteiger charge is 2.47. The van der Waals surface area contributed by atoms with E-state index in [1.54, 1.807) is 6.92 Å². The van der Waals surface area contributed by atoms with Crippen LogP contribution in [0.25, 0.3) is 0 Å². The van der Waals surface area contributed by atoms with Gasteiger partial charge in [0.2, 0.25) is 0 Å². The average Bonchev–Trinajstić information content (AvgIpc) is 3.13. The minimum atomic E-state index is -2.77. The summed E-state index contributed by atoms with van der Waals surface area (Å²) in [6.45, 7) is 1.98. The zero-order valence-electron chi connectivity index (χ0n) is 9.58. The van der Waals surface area contributed by atoms with E-state index in [-0.39, 0.29) is 12.2 Å². The number of hydrogen-bond donors (Lipinski definition) is 0. The fourth-order valence-corrected chi connectivity index (χ4v) is 1.72. The zero-order chi connectivity index (χ0) is 12.5. The molecule has 0 bridgehead atoms. The monoisotopic (exact) mass is 240 g/mol. The zero-order valence-corrected chi connectivity index (χ0v) is 9.58. The number of esters is 1. The molecule has 0 atom stereocenters. The van der Waals surface area contributed by atoms with Gasteiger partial charge in [0.15, 0.2) is 0 Å². The predicted molar refractivity (Wildman–Crippen MR) is 59.0 cm³/mol. The quantitative estimate of drug-likeness (QED) is 0.754. The Bertz CT molecular complexity index is 408. The highest BCUT2D eigenvalue weighted by molar-refractivity contribution is 5.89. The summed E-state index contributed by atoms with van der Waals surface area (Å²) < 4.78 is 32.2. The van der Waals surface area contributed by atoms with Gasteiger partial charge in [-0.3, -0.25) is 0 Å². The van der Waals surface area contributed by atoms with Crippen LogP contribution in [-0.2, 0) is 10.7 Å². The Labute approximate surface area is 98.6 Å². The van der Waals surface area contributed by atoms with E-state index in [1.807, 2.05) is 0 Å². The second kappa shape index (κ2) is 4.43. The number of carbonyl (C=O) groups excluding carboxylic acids is 1. The lowest BCUT2D eigenvalue weighted by atomic mass is 10.0. The van der Waals surface area contributed by atoms with Gasteiger partial charge >= 0.3 is 5.97 Å². The van der Waals surface area contributed by atoms with E-state index in [4.69, 9.17) is 4.74 Å². The van der Waals surface area contributed by atoms with Gasteiger partial charge in [-0.1, -0.05) is 12.1 Å². The van der Waals surface area contributed by atoms with Crippen LogP contribution in [0, 0.1) is 5.92 Å². The maximum absolute atomic E-state index is 13.7. The minimum Gasteiger partial charge on any atom is -0.462 e. The molecule has 1 aromatic rings. The Morgan fingerprint density at radius 1 is 1.35 bits per heavy atom. The van der Waals surface area contributed by atoms with Crippen LogP contribution >= 0.6 is 0 Å². The van der Waals surface area contributed by atoms with E-state index >= 15 is 0 Å². The Hall–Kier alpha value is -1.45. The van der Waals surface area contributed by atoms with Crippen molar-refractivity contribution in [3.63, 3.8) is 0 Å². The van der Waals surface area contributed by atoms with Crippen molar-refractivity contribution in [2.24, 2.45) is 5.92 Å². The van der Waals surface area contributed by atoms with Crippen LogP contribution < -0.4 is 0 Å². The molecule has 0 aliphatic heterocycles. The molecular weight excluding hydrogens is 226 g/mol. The molecule has 0 saturated heterocycles. The second-order valence-electron chi connectivity index (χ2n) is 4.20. The van der Waals surface area contributed by atoms with Crippen molar-refractivity contribution in [3.05, 3.63) is 35.4 Å². The summed E-state index contributed by atoms with van der Waals surface area (Å²) in [5.41, 5.74) is 0.287. The van der Waals surface area contributed by atoms with Crippen molar-refractivity contribution < 1.29 is 18.3 Å². The van der Waals surface area contributed by atoms with Crippen LogP contribution in [0.5, 0.6) is 0 Å². The third-order valence-corrected chi connectivity index (χ3v) is 2.87. The summed E-state index contributed by atoms with van der Waals surface area (Å²) in [6, 6.07) is 5.41. The van der Waals surface area contributed by atoms with E-state index in [0.717, 1.165) is 0 Å². The summed E-state index contributed by atoms with van der Waals surface area (Å²) in [6.07, 6.45) is 1.15. The van der Waals surface area contributed by atoms with Crippen LogP contribution in [-0.4, -0.2) is 12.6 Å². The SMILES string of the molecule is CCOC(=O)c1ccc(C(F)(F)C2CC2)cc1. The molecule has 0 unspecified atom stereocenters. The van der Waals surface area contributed by atoms with Crippen molar-refractivity contribution >= 4 is 5.97 Å². The Morgan fingerprint density at radius 2 is 1.94 bits per heavy atom. The summed E-state index contributed by atoms with van der Waals surface area (Å²) in [4.78, 5) is 11.3. The van der Waals surface area contributed by atoms with Gasteiger partial charge < -0.3 is 4.74 Å². The molecule has 1 aliphatic carbocycles. The number of benzene rings is 1. The highest BCUT2D eigenvalue weighted by atomic mass is 19.3. The van der Waals surface area contributed by atoms with Gasteiger partial charge in [0.25, 0.3) is 5.92 Å². The Balaban J connectivity index is 2.15. The van der Waals surface area contributed by atoms with Crippen LogP contribution in [0.4, 0.5) is 8.78 Å². The number of ether oxygens (including phenoxy) is 1. The molecular formula is C13H14F2O2. The smallest absolute Gasteiger partial charge is 0.338 e. The van der Waals surface area contributed by atoms with E-state index in [0.29, 0.717) is 18.4 Å². The largest absolute Gasteiger partial charge is 0.462 e. The lowest BCUT2D eigenvalue weighted by molar-refractivity contribution is -0.0285. The first-order chi connectivity index (χ1) is 8.05. The summed E-state index contributed by atoms with van der Waals surface area (Å²) in [5, 5.41) is 0. The second-order valence-corrected chi connectivity index (χ2v) is 4.20. The molecule has 0 radical (unpaired) electrons. The number of halogens is 2. The minimum absolute atomic E-state index is 0.0203. The highest BCUT2D eigenvalue weighted by Crippen LogP contribution is 2.49. The summed E-state index contributed by atoms with van der Waals surface area (Å²) in [5.74, 6) is -3.78. The Morgan fingerprint density at radius 3 is 2.41 bits per heavy atom. The van der Waals surface area contributed by atoms with Crippen molar-refractivity contribution in [3.8, 4) is 0 Å². The number of hydrogen-bond acceptors (Lipinski definition) is 2. The first-order valence-corrected chi connectivity index (χ1v) is 5.71. The standard InChI is InChI=1S/C13H14F2O2/c1-2-17-12(16)9-3-5-10(6-4-9)13(14,15)11-7-8-11/h3-6,11H,2,7-8H2,1H3. The molecule has 2 nitrogen and oxygen atoms in total. The predicted octanol–water partition coefficient (Wildman–Crippen LogP) is 3.37. The van der Waals surface area contributed by atoms with E-state index in [1.165, 1.54) is 24.3 Å². The molecule has 0 amide bonds. The Kier molecular flexibility index (Phi) is 3.13. The summed E-state index contributed by atoms with van der Waals surface area (Å²) in [7, 11) is 0. The molecule has 1 aliphatic rings. The van der Waals surface area contributed by atoms with Crippen molar-refractivity contribution in [1.29, 1.82) is 0 Å². The van der Waals surface area contributed by atoms with E-state index in [9.17, 15) is 13.6 Å². The number of rotatable bonds is 4. The molecule has 4 heteroatoms. The van der Waals surface area contributed by atoms with Gasteiger partial charge in [0, 0.05) is 11.5 Å². The van der Waals surface area contributed by atoms with E-state index in [2.05, 4.69) is 0 Å². The summed E-state index contributed by atoms with van der Waals surface area (Å²) >= 11 is 0. The lowest BCUT2D eigenvalue weighted by Gasteiger charge is -2.15. The van der Waals surface area contributed by atoms with Crippen LogP contribution in [0.15, 0.2) is 24.3 Å². The molecule has 2 rings (SSSR count). The lowest BCUT2D eigenvalue weighted by Crippen LogP contribution is -2.16. The maximum atomic E-state index is 13.7. The van der Waals surface area contributed by atoms with Gasteiger partial charge in [-0.05, 0) is 31.9 Å². The van der Waals surface area contributed by atoms with Gasteiger partial charge in [-0.15, -0.1) is 0 Å². The fraction of sp³-hybridized carbons (Fsp3) is 0.462.